The van der Waals surface area contributed by atoms with Crippen molar-refractivity contribution in [1.29, 1.82) is 0 Å². The van der Waals surface area contributed by atoms with Gasteiger partial charge in [-0.2, -0.15) is 0 Å². The van der Waals surface area contributed by atoms with Gasteiger partial charge >= 0.3 is 5.97 Å². The van der Waals surface area contributed by atoms with Crippen LogP contribution in [0.3, 0.4) is 0 Å². The van der Waals surface area contributed by atoms with E-state index in [1.54, 1.807) is 18.2 Å². The summed E-state index contributed by atoms with van der Waals surface area (Å²) in [6.45, 7) is 3.72. The number of rotatable bonds is 6. The second kappa shape index (κ2) is 8.22. The van der Waals surface area contributed by atoms with E-state index >= 15 is 0 Å². The average molecular weight is 333 g/mol. The van der Waals surface area contributed by atoms with Crippen molar-refractivity contribution in [3.63, 3.8) is 0 Å². The van der Waals surface area contributed by atoms with Crippen LogP contribution in [-0.2, 0) is 14.3 Å². The van der Waals surface area contributed by atoms with Crippen molar-refractivity contribution in [2.45, 2.75) is 19.9 Å². The molecule has 1 aromatic carbocycles. The second-order valence-electron chi connectivity index (χ2n) is 4.80. The molecule has 0 saturated heterocycles. The summed E-state index contributed by atoms with van der Waals surface area (Å²) in [5.74, 6) is -0.675. The second-order valence-corrected chi connectivity index (χ2v) is 5.62. The number of carbonyl (C=O) groups is 2. The number of hydrogen-bond donors (Lipinski definition) is 2. The summed E-state index contributed by atoms with van der Waals surface area (Å²) in [4.78, 5) is 23.4. The molecule has 1 rings (SSSR count). The highest BCUT2D eigenvalue weighted by Gasteiger charge is 2.23. The predicted octanol–water partition coefficient (Wildman–Crippen LogP) is 2.72. The maximum absolute atomic E-state index is 11.8. The fourth-order valence-electron chi connectivity index (χ4n) is 1.70. The topological polar surface area (TPSA) is 67.4 Å². The summed E-state index contributed by atoms with van der Waals surface area (Å²) in [7, 11) is 1.31. The van der Waals surface area contributed by atoms with Crippen LogP contribution in [0.1, 0.15) is 13.8 Å². The molecule has 1 atom stereocenters. The molecule has 1 aromatic rings. The average Bonchev–Trinajstić information content (AvgIpc) is 2.42. The van der Waals surface area contributed by atoms with Gasteiger partial charge in [-0.3, -0.25) is 14.9 Å². The number of hydrogen-bond acceptors (Lipinski definition) is 4. The Kier molecular flexibility index (Phi) is 6.95. The number of carbonyl (C=O) groups excluding carboxylic acids is 2. The Morgan fingerprint density at radius 2 is 1.90 bits per heavy atom. The Labute approximate surface area is 133 Å². The Balaban J connectivity index is 2.56. The van der Waals surface area contributed by atoms with Gasteiger partial charge in [-0.25, -0.2) is 0 Å². The number of amides is 1. The van der Waals surface area contributed by atoms with Crippen molar-refractivity contribution >= 4 is 40.8 Å². The number of nitrogens with one attached hydrogen (secondary N) is 2. The third-order valence-electron chi connectivity index (χ3n) is 2.81. The molecule has 1 amide bonds. The molecule has 7 heteroatoms. The fourth-order valence-corrected chi connectivity index (χ4v) is 2.00. The number of methoxy groups -OCH3 is 1. The molecule has 0 bridgehead atoms. The molecule has 0 aliphatic carbocycles. The van der Waals surface area contributed by atoms with Gasteiger partial charge in [0.25, 0.3) is 0 Å². The molecule has 1 unspecified atom stereocenters. The van der Waals surface area contributed by atoms with E-state index < -0.39 is 12.0 Å². The zero-order valence-electron chi connectivity index (χ0n) is 12.1. The molecule has 0 heterocycles. The first-order chi connectivity index (χ1) is 9.85. The normalized spacial score (nSPS) is 12.1. The molecule has 5 nitrogen and oxygen atoms in total. The summed E-state index contributed by atoms with van der Waals surface area (Å²) in [5.41, 5.74) is 0.537. The Morgan fingerprint density at radius 1 is 1.24 bits per heavy atom. The lowest BCUT2D eigenvalue weighted by Gasteiger charge is -2.19. The van der Waals surface area contributed by atoms with E-state index in [9.17, 15) is 9.59 Å². The highest BCUT2D eigenvalue weighted by molar-refractivity contribution is 6.42. The first kappa shape index (κ1) is 17.8. The number of benzene rings is 1. The lowest BCUT2D eigenvalue weighted by molar-refractivity contribution is -0.144. The van der Waals surface area contributed by atoms with Crippen molar-refractivity contribution in [1.82, 2.24) is 5.32 Å². The van der Waals surface area contributed by atoms with Crippen LogP contribution in [0.4, 0.5) is 5.69 Å². The van der Waals surface area contributed by atoms with Gasteiger partial charge < -0.3 is 10.1 Å². The zero-order chi connectivity index (χ0) is 16.0. The van der Waals surface area contributed by atoms with E-state index in [4.69, 9.17) is 23.2 Å². The van der Waals surface area contributed by atoms with Crippen molar-refractivity contribution in [2.24, 2.45) is 5.92 Å². The molecule has 0 aliphatic rings. The van der Waals surface area contributed by atoms with E-state index in [1.807, 2.05) is 13.8 Å². The monoisotopic (exact) mass is 332 g/mol. The van der Waals surface area contributed by atoms with Crippen molar-refractivity contribution < 1.29 is 14.3 Å². The van der Waals surface area contributed by atoms with E-state index in [1.165, 1.54) is 7.11 Å². The van der Waals surface area contributed by atoms with Gasteiger partial charge in [-0.15, -0.1) is 0 Å². The number of ether oxygens (including phenoxy) is 1. The van der Waals surface area contributed by atoms with Crippen LogP contribution in [0.2, 0.25) is 10.0 Å². The maximum Gasteiger partial charge on any atom is 0.323 e. The highest BCUT2D eigenvalue weighted by atomic mass is 35.5. The largest absolute Gasteiger partial charge is 0.468 e. The number of anilines is 1. The van der Waals surface area contributed by atoms with Crippen molar-refractivity contribution in [3.8, 4) is 0 Å². The Morgan fingerprint density at radius 3 is 2.43 bits per heavy atom. The van der Waals surface area contributed by atoms with E-state index in [-0.39, 0.29) is 18.4 Å². The number of esters is 1. The molecule has 0 fully saturated rings. The van der Waals surface area contributed by atoms with Crippen LogP contribution in [0.25, 0.3) is 0 Å². The van der Waals surface area contributed by atoms with Crippen LogP contribution >= 0.6 is 23.2 Å². The van der Waals surface area contributed by atoms with Gasteiger partial charge in [0.15, 0.2) is 0 Å². The van der Waals surface area contributed by atoms with Gasteiger partial charge in [0.1, 0.15) is 6.04 Å². The minimum atomic E-state index is -0.533. The molecule has 0 aliphatic heterocycles. The van der Waals surface area contributed by atoms with Gasteiger partial charge in [0.05, 0.1) is 23.7 Å². The van der Waals surface area contributed by atoms with Crippen molar-refractivity contribution in [3.05, 3.63) is 28.2 Å². The van der Waals surface area contributed by atoms with Crippen molar-refractivity contribution in [2.75, 3.05) is 19.0 Å². The minimum absolute atomic E-state index is 0.00947. The molecule has 21 heavy (non-hydrogen) atoms. The summed E-state index contributed by atoms with van der Waals surface area (Å²) < 4.78 is 4.69. The lowest BCUT2D eigenvalue weighted by Crippen LogP contribution is -2.45. The SMILES string of the molecule is COC(=O)C(NCC(=O)Nc1ccc(Cl)c(Cl)c1)C(C)C. The molecule has 0 aromatic heterocycles. The molecule has 116 valence electrons. The predicted molar refractivity (Wildman–Crippen MR) is 83.7 cm³/mol. The standard InChI is InChI=1S/C14H18Cl2N2O3/c1-8(2)13(14(20)21-3)17-7-12(19)18-9-4-5-10(15)11(16)6-9/h4-6,8,13,17H,7H2,1-3H3,(H,18,19). The Hall–Kier alpha value is -1.30. The number of halogens is 2. The molecular weight excluding hydrogens is 315 g/mol. The quantitative estimate of drug-likeness (QED) is 0.786. The summed E-state index contributed by atoms with van der Waals surface area (Å²) in [5, 5.41) is 6.31. The van der Waals surface area contributed by atoms with Crippen LogP contribution in [0.15, 0.2) is 18.2 Å². The highest BCUT2D eigenvalue weighted by Crippen LogP contribution is 2.24. The zero-order valence-corrected chi connectivity index (χ0v) is 13.6. The third-order valence-corrected chi connectivity index (χ3v) is 3.55. The third kappa shape index (κ3) is 5.53. The molecular formula is C14H18Cl2N2O3. The first-order valence-electron chi connectivity index (χ1n) is 6.41. The maximum atomic E-state index is 11.8. The van der Waals surface area contributed by atoms with Gasteiger partial charge in [0.2, 0.25) is 5.91 Å². The van der Waals surface area contributed by atoms with Crippen LogP contribution in [0.5, 0.6) is 0 Å². The van der Waals surface area contributed by atoms with Crippen LogP contribution in [-0.4, -0.2) is 31.6 Å². The molecule has 0 radical (unpaired) electrons. The van der Waals surface area contributed by atoms with E-state index in [0.29, 0.717) is 15.7 Å². The lowest BCUT2D eigenvalue weighted by atomic mass is 10.0. The fraction of sp³-hybridized carbons (Fsp3) is 0.429. The first-order valence-corrected chi connectivity index (χ1v) is 7.17. The Bertz CT molecular complexity index is 521. The van der Waals surface area contributed by atoms with Gasteiger partial charge in [-0.1, -0.05) is 37.0 Å². The van der Waals surface area contributed by atoms with E-state index in [2.05, 4.69) is 15.4 Å². The van der Waals surface area contributed by atoms with Gasteiger partial charge in [0, 0.05) is 5.69 Å². The van der Waals surface area contributed by atoms with Gasteiger partial charge in [-0.05, 0) is 24.1 Å². The smallest absolute Gasteiger partial charge is 0.323 e. The summed E-state index contributed by atoms with van der Waals surface area (Å²) in [6.07, 6.45) is 0. The van der Waals surface area contributed by atoms with E-state index in [0.717, 1.165) is 0 Å². The molecule has 0 spiro atoms. The minimum Gasteiger partial charge on any atom is -0.468 e. The molecule has 0 saturated carbocycles. The summed E-state index contributed by atoms with van der Waals surface area (Å²) >= 11 is 11.7. The summed E-state index contributed by atoms with van der Waals surface area (Å²) in [6, 6.07) is 4.27. The van der Waals surface area contributed by atoms with Crippen LogP contribution < -0.4 is 10.6 Å². The van der Waals surface area contributed by atoms with Crippen LogP contribution in [0, 0.1) is 5.92 Å². The molecule has 2 N–H and O–H groups in total.